The highest BCUT2D eigenvalue weighted by atomic mass is 16.5. The van der Waals surface area contributed by atoms with Gasteiger partial charge in [0.1, 0.15) is 6.54 Å². The minimum atomic E-state index is -0.152. The van der Waals surface area contributed by atoms with Crippen molar-refractivity contribution in [2.24, 2.45) is 4.99 Å². The molecule has 0 aliphatic carbocycles. The van der Waals surface area contributed by atoms with Gasteiger partial charge in [-0.2, -0.15) is 5.26 Å². The summed E-state index contributed by atoms with van der Waals surface area (Å²) in [5, 5.41) is 9.79. The Labute approximate surface area is 181 Å². The molecule has 6 heteroatoms. The van der Waals surface area contributed by atoms with Crippen molar-refractivity contribution in [3.8, 4) is 28.7 Å². The van der Waals surface area contributed by atoms with Gasteiger partial charge < -0.3 is 14.4 Å². The predicted molar refractivity (Wildman–Crippen MR) is 120 cm³/mol. The quantitative estimate of drug-likeness (QED) is 0.649. The number of nitrogens with zero attached hydrogens (tertiary/aromatic N) is 3. The second-order valence-electron chi connectivity index (χ2n) is 7.08. The van der Waals surface area contributed by atoms with Gasteiger partial charge in [-0.25, -0.2) is 0 Å². The Bertz CT molecular complexity index is 1230. The van der Waals surface area contributed by atoms with Gasteiger partial charge in [0.2, 0.25) is 5.91 Å². The van der Waals surface area contributed by atoms with E-state index in [1.165, 1.54) is 0 Å². The first-order chi connectivity index (χ1) is 15.1. The van der Waals surface area contributed by atoms with E-state index in [-0.39, 0.29) is 12.5 Å². The number of anilines is 1. The highest BCUT2D eigenvalue weighted by Crippen LogP contribution is 2.38. The number of aliphatic imine (C=N–C) groups is 1. The van der Waals surface area contributed by atoms with Gasteiger partial charge in [0, 0.05) is 24.2 Å². The van der Waals surface area contributed by atoms with Crippen LogP contribution in [0.2, 0.25) is 0 Å². The van der Waals surface area contributed by atoms with Gasteiger partial charge in [-0.15, -0.1) is 0 Å². The SMILES string of the molecule is COc1cc2c(cc1OC)N(C)C(=O)CN=C2c1cc(-c2ccccc2)ccc1C#N. The van der Waals surface area contributed by atoms with Gasteiger partial charge >= 0.3 is 0 Å². The van der Waals surface area contributed by atoms with Crippen LogP contribution in [0.4, 0.5) is 5.69 Å². The largest absolute Gasteiger partial charge is 0.493 e. The number of ether oxygens (including phenoxy) is 2. The van der Waals surface area contributed by atoms with Crippen molar-refractivity contribution in [3.63, 3.8) is 0 Å². The number of nitriles is 1. The van der Waals surface area contributed by atoms with Crippen molar-refractivity contribution >= 4 is 17.3 Å². The van der Waals surface area contributed by atoms with E-state index >= 15 is 0 Å². The molecule has 154 valence electrons. The first kappa shape index (κ1) is 20.2. The summed E-state index contributed by atoms with van der Waals surface area (Å²) in [6, 6.07) is 21.4. The van der Waals surface area contributed by atoms with Crippen LogP contribution in [0.1, 0.15) is 16.7 Å². The molecule has 1 heterocycles. The zero-order valence-corrected chi connectivity index (χ0v) is 17.5. The number of rotatable bonds is 4. The zero-order chi connectivity index (χ0) is 22.0. The summed E-state index contributed by atoms with van der Waals surface area (Å²) in [6.07, 6.45) is 0. The van der Waals surface area contributed by atoms with Gasteiger partial charge in [-0.1, -0.05) is 36.4 Å². The number of benzene rings is 3. The molecule has 6 nitrogen and oxygen atoms in total. The Morgan fingerprint density at radius 2 is 1.65 bits per heavy atom. The normalized spacial score (nSPS) is 13.0. The van der Waals surface area contributed by atoms with E-state index in [1.807, 2.05) is 42.5 Å². The molecule has 31 heavy (non-hydrogen) atoms. The number of likely N-dealkylation sites (N-methyl/N-ethyl adjacent to an activating group) is 1. The van der Waals surface area contributed by atoms with Crippen LogP contribution in [0.3, 0.4) is 0 Å². The van der Waals surface area contributed by atoms with Crippen LogP contribution in [-0.4, -0.2) is 39.4 Å². The standard InChI is InChI=1S/C25H21N3O3/c1-28-21-13-23(31-3)22(30-2)12-20(21)25(27-15-24(28)29)19-11-17(9-10-18(19)14-26)16-7-5-4-6-8-16/h4-13H,15H2,1-3H3. The first-order valence-corrected chi connectivity index (χ1v) is 9.74. The molecule has 3 aromatic rings. The van der Waals surface area contributed by atoms with Crippen LogP contribution in [0.15, 0.2) is 65.7 Å². The number of benzodiazepines with no additional fused rings is 1. The van der Waals surface area contributed by atoms with E-state index in [0.717, 1.165) is 11.1 Å². The minimum absolute atomic E-state index is 0.0222. The maximum Gasteiger partial charge on any atom is 0.248 e. The van der Waals surface area contributed by atoms with E-state index in [2.05, 4.69) is 11.1 Å². The van der Waals surface area contributed by atoms with E-state index < -0.39 is 0 Å². The first-order valence-electron chi connectivity index (χ1n) is 9.74. The summed E-state index contributed by atoms with van der Waals surface area (Å²) in [5.41, 5.74) is 5.06. The van der Waals surface area contributed by atoms with Crippen LogP contribution in [0, 0.1) is 11.3 Å². The van der Waals surface area contributed by atoms with Crippen molar-refractivity contribution in [2.45, 2.75) is 0 Å². The Hall–Kier alpha value is -4.11. The molecule has 3 aromatic carbocycles. The van der Waals surface area contributed by atoms with Crippen molar-refractivity contribution < 1.29 is 14.3 Å². The smallest absolute Gasteiger partial charge is 0.248 e. The summed E-state index contributed by atoms with van der Waals surface area (Å²) in [7, 11) is 4.81. The van der Waals surface area contributed by atoms with Crippen LogP contribution >= 0.6 is 0 Å². The van der Waals surface area contributed by atoms with E-state index in [9.17, 15) is 10.1 Å². The molecule has 0 saturated heterocycles. The summed E-state index contributed by atoms with van der Waals surface area (Å²) < 4.78 is 10.9. The van der Waals surface area contributed by atoms with E-state index in [0.29, 0.717) is 39.6 Å². The van der Waals surface area contributed by atoms with Crippen LogP contribution < -0.4 is 14.4 Å². The molecule has 0 fully saturated rings. The number of hydrogen-bond donors (Lipinski definition) is 0. The average molecular weight is 411 g/mol. The molecule has 0 spiro atoms. The Balaban J connectivity index is 1.97. The molecule has 1 amide bonds. The maximum atomic E-state index is 12.6. The molecule has 0 radical (unpaired) electrons. The molecule has 0 unspecified atom stereocenters. The third-order valence-electron chi connectivity index (χ3n) is 5.37. The fourth-order valence-corrected chi connectivity index (χ4v) is 3.69. The molecule has 0 saturated carbocycles. The van der Waals surface area contributed by atoms with Crippen molar-refractivity contribution in [3.05, 3.63) is 77.4 Å². The lowest BCUT2D eigenvalue weighted by Crippen LogP contribution is -2.27. The number of methoxy groups -OCH3 is 2. The lowest BCUT2D eigenvalue weighted by atomic mass is 9.92. The van der Waals surface area contributed by atoms with Crippen molar-refractivity contribution in [1.82, 2.24) is 0 Å². The summed E-state index contributed by atoms with van der Waals surface area (Å²) in [6.45, 7) is -0.0222. The third-order valence-corrected chi connectivity index (χ3v) is 5.37. The number of amides is 1. The zero-order valence-electron chi connectivity index (χ0n) is 17.5. The fraction of sp³-hybridized carbons (Fsp3) is 0.160. The van der Waals surface area contributed by atoms with E-state index in [4.69, 9.17) is 9.47 Å². The Morgan fingerprint density at radius 3 is 2.32 bits per heavy atom. The molecule has 0 N–H and O–H groups in total. The molecule has 4 rings (SSSR count). The minimum Gasteiger partial charge on any atom is -0.493 e. The highest BCUT2D eigenvalue weighted by molar-refractivity contribution is 6.21. The van der Waals surface area contributed by atoms with Crippen molar-refractivity contribution in [2.75, 3.05) is 32.7 Å². The van der Waals surface area contributed by atoms with Crippen LogP contribution in [0.25, 0.3) is 11.1 Å². The highest BCUT2D eigenvalue weighted by Gasteiger charge is 2.26. The average Bonchev–Trinajstić information content (AvgIpc) is 2.94. The molecule has 0 aromatic heterocycles. The van der Waals surface area contributed by atoms with Gasteiger partial charge in [0.05, 0.1) is 37.3 Å². The lowest BCUT2D eigenvalue weighted by molar-refractivity contribution is -0.116. The number of carbonyl (C=O) groups excluding carboxylic acids is 1. The molecule has 1 aliphatic heterocycles. The Morgan fingerprint density at radius 1 is 0.935 bits per heavy atom. The topological polar surface area (TPSA) is 74.9 Å². The monoisotopic (exact) mass is 411 g/mol. The second kappa shape index (κ2) is 8.33. The van der Waals surface area contributed by atoms with Gasteiger partial charge in [-0.3, -0.25) is 9.79 Å². The number of fused-ring (bicyclic) bond motifs is 1. The predicted octanol–water partition coefficient (Wildman–Crippen LogP) is 4.06. The third kappa shape index (κ3) is 3.62. The fourth-order valence-electron chi connectivity index (χ4n) is 3.69. The van der Waals surface area contributed by atoms with Crippen LogP contribution in [-0.2, 0) is 4.79 Å². The summed E-state index contributed by atoms with van der Waals surface area (Å²) >= 11 is 0. The molecular weight excluding hydrogens is 390 g/mol. The van der Waals surface area contributed by atoms with Gasteiger partial charge in [0.25, 0.3) is 0 Å². The number of hydrogen-bond acceptors (Lipinski definition) is 5. The molecule has 0 atom stereocenters. The number of carbonyl (C=O) groups is 1. The summed E-state index contributed by atoms with van der Waals surface area (Å²) in [4.78, 5) is 18.8. The molecule has 0 bridgehead atoms. The van der Waals surface area contributed by atoms with E-state index in [1.54, 1.807) is 44.4 Å². The van der Waals surface area contributed by atoms with Gasteiger partial charge in [0.15, 0.2) is 11.5 Å². The van der Waals surface area contributed by atoms with Crippen molar-refractivity contribution in [1.29, 1.82) is 5.26 Å². The maximum absolute atomic E-state index is 12.6. The second-order valence-corrected chi connectivity index (χ2v) is 7.08. The lowest BCUT2D eigenvalue weighted by Gasteiger charge is -2.21. The molecule has 1 aliphatic rings. The summed E-state index contributed by atoms with van der Waals surface area (Å²) in [5.74, 6) is 0.885. The van der Waals surface area contributed by atoms with Crippen LogP contribution in [0.5, 0.6) is 11.5 Å². The molecular formula is C25H21N3O3. The Kier molecular flexibility index (Phi) is 5.42. The van der Waals surface area contributed by atoms with Gasteiger partial charge in [-0.05, 0) is 29.3 Å².